The number of aryl methyl sites for hydroxylation is 1. The van der Waals surface area contributed by atoms with E-state index in [2.05, 4.69) is 15.0 Å². The molecule has 0 unspecified atom stereocenters. The molecule has 2 aromatic heterocycles. The Bertz CT molecular complexity index is 1160. The van der Waals surface area contributed by atoms with Crippen molar-refractivity contribution < 1.29 is 9.13 Å². The Kier molecular flexibility index (Phi) is 4.46. The molecule has 0 aliphatic rings. The van der Waals surface area contributed by atoms with E-state index in [4.69, 9.17) is 16.3 Å². The number of pyridine rings is 1. The second kappa shape index (κ2) is 6.93. The highest BCUT2D eigenvalue weighted by Crippen LogP contribution is 2.36. The van der Waals surface area contributed by atoms with Crippen molar-refractivity contribution in [3.05, 3.63) is 71.4 Å². The minimum atomic E-state index is -0.362. The molecule has 0 amide bonds. The molecule has 0 N–H and O–H groups in total. The van der Waals surface area contributed by atoms with E-state index < -0.39 is 0 Å². The molecule has 0 aliphatic heterocycles. The molecule has 0 spiro atoms. The lowest BCUT2D eigenvalue weighted by molar-refractivity contribution is 0.402. The van der Waals surface area contributed by atoms with Gasteiger partial charge in [-0.15, -0.1) is 0 Å². The lowest BCUT2D eigenvalue weighted by Crippen LogP contribution is -1.95. The van der Waals surface area contributed by atoms with E-state index in [0.717, 1.165) is 22.0 Å². The monoisotopic (exact) mass is 379 g/mol. The minimum Gasteiger partial charge on any atom is -0.480 e. The predicted octanol–water partition coefficient (Wildman–Crippen LogP) is 5.47. The maximum absolute atomic E-state index is 14.6. The van der Waals surface area contributed by atoms with Gasteiger partial charge >= 0.3 is 0 Å². The maximum atomic E-state index is 14.6. The summed E-state index contributed by atoms with van der Waals surface area (Å²) in [6.45, 7) is 1.77. The first-order chi connectivity index (χ1) is 13.1. The van der Waals surface area contributed by atoms with Crippen molar-refractivity contribution in [2.45, 2.75) is 6.92 Å². The van der Waals surface area contributed by atoms with Crippen LogP contribution in [0.4, 0.5) is 4.39 Å². The van der Waals surface area contributed by atoms with Gasteiger partial charge in [-0.05, 0) is 48.4 Å². The molecule has 0 fully saturated rings. The van der Waals surface area contributed by atoms with Gasteiger partial charge in [0.1, 0.15) is 12.1 Å². The first-order valence-electron chi connectivity index (χ1n) is 8.28. The Morgan fingerprint density at radius 3 is 2.67 bits per heavy atom. The zero-order valence-electron chi connectivity index (χ0n) is 14.7. The number of methoxy groups -OCH3 is 1. The summed E-state index contributed by atoms with van der Waals surface area (Å²) in [4.78, 5) is 12.8. The van der Waals surface area contributed by atoms with Crippen LogP contribution in [0.15, 0.2) is 55.0 Å². The molecule has 2 heterocycles. The van der Waals surface area contributed by atoms with Crippen LogP contribution in [0.3, 0.4) is 0 Å². The molecule has 6 heteroatoms. The molecular weight excluding hydrogens is 365 g/mol. The molecule has 4 nitrogen and oxygen atoms in total. The van der Waals surface area contributed by atoms with E-state index in [1.807, 2.05) is 30.3 Å². The number of ether oxygens (including phenoxy) is 1. The molecule has 2 aromatic carbocycles. The van der Waals surface area contributed by atoms with Crippen molar-refractivity contribution in [2.75, 3.05) is 7.11 Å². The fourth-order valence-corrected chi connectivity index (χ4v) is 3.21. The Balaban J connectivity index is 1.94. The summed E-state index contributed by atoms with van der Waals surface area (Å²) in [5.74, 6) is 0.121. The predicted molar refractivity (Wildman–Crippen MR) is 104 cm³/mol. The van der Waals surface area contributed by atoms with E-state index in [1.54, 1.807) is 26.3 Å². The lowest BCUT2D eigenvalue weighted by Gasteiger charge is -2.12. The fourth-order valence-electron chi connectivity index (χ4n) is 3.04. The number of aromatic nitrogens is 3. The van der Waals surface area contributed by atoms with E-state index >= 15 is 0 Å². The largest absolute Gasteiger partial charge is 0.480 e. The Hall–Kier alpha value is -3.05. The summed E-state index contributed by atoms with van der Waals surface area (Å²) in [7, 11) is 1.56. The first-order valence-corrected chi connectivity index (χ1v) is 8.66. The van der Waals surface area contributed by atoms with Gasteiger partial charge in [0, 0.05) is 22.3 Å². The van der Waals surface area contributed by atoms with Crippen LogP contribution in [0.25, 0.3) is 33.3 Å². The lowest BCUT2D eigenvalue weighted by atomic mass is 9.97. The van der Waals surface area contributed by atoms with Gasteiger partial charge in [0.2, 0.25) is 5.88 Å². The molecule has 0 saturated heterocycles. The number of hydrogen-bond donors (Lipinski definition) is 0. The molecule has 134 valence electrons. The van der Waals surface area contributed by atoms with Crippen LogP contribution in [0.1, 0.15) is 5.56 Å². The Labute approximate surface area is 160 Å². The van der Waals surface area contributed by atoms with E-state index in [-0.39, 0.29) is 5.82 Å². The van der Waals surface area contributed by atoms with Crippen LogP contribution in [0.5, 0.6) is 5.88 Å². The van der Waals surface area contributed by atoms with Gasteiger partial charge in [0.15, 0.2) is 0 Å². The number of halogens is 2. The molecule has 4 rings (SSSR count). The molecule has 4 aromatic rings. The van der Waals surface area contributed by atoms with Crippen molar-refractivity contribution in [3.8, 4) is 28.3 Å². The molecule has 0 saturated carbocycles. The van der Waals surface area contributed by atoms with Crippen molar-refractivity contribution in [3.63, 3.8) is 0 Å². The number of benzene rings is 2. The molecular formula is C21H15ClFN3O. The third kappa shape index (κ3) is 3.11. The summed E-state index contributed by atoms with van der Waals surface area (Å²) in [5.41, 5.74) is 3.96. The Morgan fingerprint density at radius 1 is 1.00 bits per heavy atom. The average molecular weight is 380 g/mol. The van der Waals surface area contributed by atoms with Gasteiger partial charge in [-0.2, -0.15) is 0 Å². The first kappa shape index (κ1) is 17.4. The molecule has 0 atom stereocenters. The second-order valence-corrected chi connectivity index (χ2v) is 6.50. The summed E-state index contributed by atoms with van der Waals surface area (Å²) in [6.07, 6.45) is 3.09. The van der Waals surface area contributed by atoms with Crippen LogP contribution in [0.2, 0.25) is 5.02 Å². The minimum absolute atomic E-state index is 0.359. The van der Waals surface area contributed by atoms with E-state index in [0.29, 0.717) is 27.7 Å². The van der Waals surface area contributed by atoms with Gasteiger partial charge in [-0.1, -0.05) is 23.7 Å². The second-order valence-electron chi connectivity index (χ2n) is 6.10. The van der Waals surface area contributed by atoms with Crippen molar-refractivity contribution >= 4 is 22.5 Å². The quantitative estimate of drug-likeness (QED) is 0.473. The summed E-state index contributed by atoms with van der Waals surface area (Å²) in [6, 6.07) is 12.5. The summed E-state index contributed by atoms with van der Waals surface area (Å²) >= 11 is 6.22. The van der Waals surface area contributed by atoms with Gasteiger partial charge in [0.05, 0.1) is 23.7 Å². The van der Waals surface area contributed by atoms with Crippen molar-refractivity contribution in [1.82, 2.24) is 15.0 Å². The summed E-state index contributed by atoms with van der Waals surface area (Å²) < 4.78 is 20.0. The van der Waals surface area contributed by atoms with Crippen LogP contribution < -0.4 is 4.74 Å². The highest BCUT2D eigenvalue weighted by atomic mass is 35.5. The highest BCUT2D eigenvalue weighted by Gasteiger charge is 2.15. The normalized spacial score (nSPS) is 11.0. The smallest absolute Gasteiger partial charge is 0.224 e. The molecule has 0 bridgehead atoms. The zero-order valence-corrected chi connectivity index (χ0v) is 15.5. The van der Waals surface area contributed by atoms with Gasteiger partial charge in [-0.3, -0.25) is 4.98 Å². The van der Waals surface area contributed by atoms with Crippen LogP contribution in [-0.2, 0) is 0 Å². The SMILES string of the molecule is COc1ncnc2ccc(-c3cccnc3-c3cc(Cl)c(C)cc3F)cc12. The molecule has 0 radical (unpaired) electrons. The van der Waals surface area contributed by atoms with E-state index in [1.165, 1.54) is 12.4 Å². The highest BCUT2D eigenvalue weighted by molar-refractivity contribution is 6.31. The van der Waals surface area contributed by atoms with E-state index in [9.17, 15) is 4.39 Å². The maximum Gasteiger partial charge on any atom is 0.224 e. The fraction of sp³-hybridized carbons (Fsp3) is 0.0952. The van der Waals surface area contributed by atoms with Crippen molar-refractivity contribution in [2.24, 2.45) is 0 Å². The van der Waals surface area contributed by atoms with Crippen LogP contribution in [0, 0.1) is 12.7 Å². The van der Waals surface area contributed by atoms with Crippen LogP contribution >= 0.6 is 11.6 Å². The van der Waals surface area contributed by atoms with Gasteiger partial charge < -0.3 is 4.74 Å². The zero-order chi connectivity index (χ0) is 19.0. The summed E-state index contributed by atoms with van der Waals surface area (Å²) in [5, 5.41) is 1.27. The average Bonchev–Trinajstić information content (AvgIpc) is 2.70. The standard InChI is InChI=1S/C21H15ClFN3O/c1-12-8-18(23)15(10-17(12)22)20-14(4-3-7-24-20)13-5-6-19-16(9-13)21(27-2)26-11-25-19/h3-11H,1-2H3. The molecule has 27 heavy (non-hydrogen) atoms. The Morgan fingerprint density at radius 2 is 1.85 bits per heavy atom. The van der Waals surface area contributed by atoms with Gasteiger partial charge in [0.25, 0.3) is 0 Å². The third-order valence-electron chi connectivity index (χ3n) is 4.41. The topological polar surface area (TPSA) is 47.9 Å². The third-order valence-corrected chi connectivity index (χ3v) is 4.82. The number of fused-ring (bicyclic) bond motifs is 1. The number of hydrogen-bond acceptors (Lipinski definition) is 4. The van der Waals surface area contributed by atoms with Crippen LogP contribution in [-0.4, -0.2) is 22.1 Å². The number of nitrogens with zero attached hydrogens (tertiary/aromatic N) is 3. The van der Waals surface area contributed by atoms with Crippen molar-refractivity contribution in [1.29, 1.82) is 0 Å². The molecule has 0 aliphatic carbocycles. The number of rotatable bonds is 3. The van der Waals surface area contributed by atoms with Gasteiger partial charge in [-0.25, -0.2) is 14.4 Å².